The van der Waals surface area contributed by atoms with Gasteiger partial charge >= 0.3 is 0 Å². The van der Waals surface area contributed by atoms with E-state index in [1.165, 1.54) is 79.8 Å². The van der Waals surface area contributed by atoms with Crippen molar-refractivity contribution in [1.82, 2.24) is 0 Å². The van der Waals surface area contributed by atoms with Gasteiger partial charge in [-0.15, -0.1) is 23.5 Å². The quantitative estimate of drug-likeness (QED) is 0.0163. The summed E-state index contributed by atoms with van der Waals surface area (Å²) >= 11 is 9.78. The van der Waals surface area contributed by atoms with Crippen LogP contribution in [0.25, 0.3) is 0 Å². The molecule has 0 saturated carbocycles. The smallest absolute Gasteiger partial charge is 0.169 e. The molecule has 20 nitrogen and oxygen atoms in total. The molecular weight excluding hydrogens is 1690 g/mol. The van der Waals surface area contributed by atoms with Gasteiger partial charge in [0, 0.05) is 123 Å². The largest absolute Gasteiger partial charge is 0.396 e. The highest BCUT2D eigenvalue weighted by Gasteiger charge is 2.56. The summed E-state index contributed by atoms with van der Waals surface area (Å²) in [5.74, 6) is -2.79. The van der Waals surface area contributed by atoms with Crippen molar-refractivity contribution in [3.63, 3.8) is 0 Å². The van der Waals surface area contributed by atoms with Crippen LogP contribution in [0.3, 0.4) is 0 Å². The Kier molecular flexibility index (Phi) is 34.0. The molecule has 0 unspecified atom stereocenters. The van der Waals surface area contributed by atoms with E-state index in [1.807, 2.05) is 42.5 Å². The monoisotopic (exact) mass is 1790 g/mol. The van der Waals surface area contributed by atoms with E-state index < -0.39 is 105 Å². The fourth-order valence-electron chi connectivity index (χ4n) is 17.2. The third-order valence-electron chi connectivity index (χ3n) is 23.5. The van der Waals surface area contributed by atoms with Crippen LogP contribution in [0.15, 0.2) is 227 Å². The van der Waals surface area contributed by atoms with Crippen molar-refractivity contribution < 1.29 is 103 Å². The Hall–Kier alpha value is -8.29. The van der Waals surface area contributed by atoms with Gasteiger partial charge < -0.3 is 69.4 Å². The fraction of sp³-hybridized carbons (Fsp3) is 0.409. The molecule has 660 valence electrons. The summed E-state index contributed by atoms with van der Waals surface area (Å²) in [5.41, 5.74) is 10.5. The van der Waals surface area contributed by atoms with Crippen molar-refractivity contribution in [2.24, 2.45) is 56.0 Å². The number of aliphatic hydroxyl groups is 3. The van der Waals surface area contributed by atoms with Gasteiger partial charge in [0.25, 0.3) is 0 Å². The van der Waals surface area contributed by atoms with Crippen LogP contribution in [0, 0.1) is 58.7 Å². The van der Waals surface area contributed by atoms with Crippen LogP contribution in [-0.2, 0) is 70.2 Å². The number of rotatable bonds is 24. The van der Waals surface area contributed by atoms with Gasteiger partial charge in [0.1, 0.15) is 71.6 Å². The molecule has 0 aliphatic carbocycles. The minimum absolute atomic E-state index is 0.00473. The predicted octanol–water partition coefficient (Wildman–Crippen LogP) is 14.3. The van der Waals surface area contributed by atoms with Crippen LogP contribution in [0.1, 0.15) is 84.6 Å². The van der Waals surface area contributed by atoms with Crippen molar-refractivity contribution in [2.75, 3.05) is 124 Å². The average Bonchev–Trinajstić information content (AvgIpc) is 0.745. The second-order valence-electron chi connectivity index (χ2n) is 31.2. The zero-order valence-electron chi connectivity index (χ0n) is 68.3. The molecule has 0 amide bonds. The maximum absolute atomic E-state index is 15.0. The van der Waals surface area contributed by atoms with Crippen molar-refractivity contribution in [3.8, 4) is 0 Å². The van der Waals surface area contributed by atoms with Gasteiger partial charge in [-0.25, -0.2) is 35.7 Å². The predicted molar refractivity (Wildman–Crippen MR) is 467 cm³/mol. The summed E-state index contributed by atoms with van der Waals surface area (Å²) in [6.45, 7) is 1.18. The highest BCUT2D eigenvalue weighted by Crippen LogP contribution is 2.51. The number of thiocarbonyl (C=S) groups is 1. The second kappa shape index (κ2) is 44.4. The molecule has 8 heterocycles. The topological polar surface area (TPSA) is 284 Å². The van der Waals surface area contributed by atoms with E-state index in [1.54, 1.807) is 140 Å². The number of nitrogens with zero attached hydrogens (tertiary/aromatic N) is 3. The number of amidine groups is 1. The molecule has 8 aromatic rings. The van der Waals surface area contributed by atoms with Crippen molar-refractivity contribution in [3.05, 3.63) is 286 Å². The fourth-order valence-corrected chi connectivity index (χ4v) is 21.3. The number of halogens is 7. The number of aliphatic hydroxyl groups excluding tert-OH is 3. The number of carbonyl (C=O) groups excluding carboxylic acids is 3. The Morgan fingerprint density at radius 1 is 0.452 bits per heavy atom. The summed E-state index contributed by atoms with van der Waals surface area (Å²) in [7, 11) is 3.01. The molecule has 5 saturated heterocycles. The van der Waals surface area contributed by atoms with Crippen molar-refractivity contribution in [1.29, 1.82) is 0 Å². The molecule has 0 radical (unpaired) electrons. The molecule has 5 fully saturated rings. The van der Waals surface area contributed by atoms with E-state index in [0.29, 0.717) is 88.5 Å². The van der Waals surface area contributed by atoms with Gasteiger partial charge in [-0.05, 0) is 42.3 Å². The highest BCUT2D eigenvalue weighted by molar-refractivity contribution is 8.14. The highest BCUT2D eigenvalue weighted by atomic mass is 32.2. The normalized spacial score (nSPS) is 28.1. The summed E-state index contributed by atoms with van der Waals surface area (Å²) in [4.78, 5) is 52.2. The number of fused-ring (bicyclic) bond motifs is 3. The van der Waals surface area contributed by atoms with Crippen LogP contribution in [-0.4, -0.2) is 208 Å². The van der Waals surface area contributed by atoms with Crippen molar-refractivity contribution >= 4 is 85.0 Å². The lowest BCUT2D eigenvalue weighted by Crippen LogP contribution is -2.59. The number of hydrogen-bond acceptors (Lipinski definition) is 24. The van der Waals surface area contributed by atoms with Gasteiger partial charge in [-0.3, -0.25) is 24.4 Å². The number of methoxy groups -OCH3 is 2. The molecule has 0 bridgehead atoms. The summed E-state index contributed by atoms with van der Waals surface area (Å²) < 4.78 is 150. The molecule has 15 atom stereocenters. The zero-order valence-corrected chi connectivity index (χ0v) is 71.6. The molecule has 8 aliphatic heterocycles. The van der Waals surface area contributed by atoms with E-state index in [0.717, 1.165) is 0 Å². The summed E-state index contributed by atoms with van der Waals surface area (Å²) in [6.07, 6.45) is -3.51. The van der Waals surface area contributed by atoms with E-state index in [9.17, 15) is 60.4 Å². The van der Waals surface area contributed by atoms with E-state index in [-0.39, 0.29) is 141 Å². The molecule has 31 heteroatoms. The lowest BCUT2D eigenvalue weighted by Gasteiger charge is -2.47. The molecule has 124 heavy (non-hydrogen) atoms. The Morgan fingerprint density at radius 3 is 1.24 bits per heavy atom. The van der Waals surface area contributed by atoms with Gasteiger partial charge in [0.05, 0.1) is 119 Å². The number of carbonyl (C=O) groups is 3. The lowest BCUT2D eigenvalue weighted by molar-refractivity contribution is -0.170. The zero-order chi connectivity index (χ0) is 88.0. The molecule has 7 N–H and O–H groups in total. The standard InChI is InChI=1S/C24H27FO5S.C21H19F2NO2S.C21H20FNO3S.C14H20FNO4.C13H14F2N2OS/c1-28-16-30-23-14-29-15-24(20(23)13-26,19-9-5-6-10-21(19)25)12-18(31)11-22(27)17-7-3-2-4-8-17;22-17-9-5-4-8-15(17)21-13-26-11-18(23)16(21)12-27-20(24-21)10-19(25)14-6-2-1-3-7-14;22-17-9-5-4-8-15(17)21-13-26-11-19(25)16(21)12-27-20(23-21)10-18(24)14-6-2-1-3-7-14;1-18-9-20-13-7-19-8-14(16,11(13)6-17)10-4-2-3-5-12(10)15;14-10-4-2-1-3-8(10)13-7-18-5-11(15)9(13)6-19-12(16)17-13/h2-10,20,23,26H,11-16H2,1H3;1-9,16,18H,10-13H2;1-9,16,19,25H,10-13H2;2-5,11,13,17H,6-9,16H2,1H3;1-4,9,11H,5-7H2,(H2,16,17)/t20-,23+,24+;16-,18-,21-;16-,19+,21-;11-,13+,14-;9-,11-,13-/m11111/s1. The number of aliphatic imine (C=N–C) groups is 3. The molecule has 0 aromatic heterocycles. The van der Waals surface area contributed by atoms with Gasteiger partial charge in [0.2, 0.25) is 0 Å². The maximum Gasteiger partial charge on any atom is 0.169 e. The third kappa shape index (κ3) is 21.9. The summed E-state index contributed by atoms with van der Waals surface area (Å²) in [5, 5.41) is 32.1. The van der Waals surface area contributed by atoms with Crippen LogP contribution in [0.2, 0.25) is 0 Å². The van der Waals surface area contributed by atoms with Gasteiger partial charge in [-0.2, -0.15) is 0 Å². The number of benzene rings is 8. The lowest BCUT2D eigenvalue weighted by atomic mass is 9.64. The maximum atomic E-state index is 15.0. The first-order valence-corrected chi connectivity index (χ1v) is 43.8. The van der Waals surface area contributed by atoms with Crippen LogP contribution >= 0.6 is 47.5 Å². The first-order valence-electron chi connectivity index (χ1n) is 40.5. The Labute approximate surface area is 733 Å². The minimum Gasteiger partial charge on any atom is -0.396 e. The van der Waals surface area contributed by atoms with E-state index >= 15 is 0 Å². The number of Topliss-reactive ketones (excluding diaryl/α,β-unsaturated/α-hetero) is 3. The number of ketones is 3. The van der Waals surface area contributed by atoms with E-state index in [4.69, 9.17) is 76.3 Å². The van der Waals surface area contributed by atoms with Gasteiger partial charge in [0.15, 0.2) is 22.5 Å². The van der Waals surface area contributed by atoms with Crippen molar-refractivity contribution in [2.45, 2.75) is 83.9 Å². The first kappa shape index (κ1) is 94.8. The molecule has 0 spiro atoms. The van der Waals surface area contributed by atoms with Crippen LogP contribution in [0.5, 0.6) is 0 Å². The van der Waals surface area contributed by atoms with Crippen LogP contribution in [0.4, 0.5) is 30.7 Å². The number of hydrogen-bond donors (Lipinski definition) is 5. The first-order chi connectivity index (χ1) is 60.0. The second-order valence-corrected chi connectivity index (χ2v) is 35.0. The van der Waals surface area contributed by atoms with Crippen LogP contribution < -0.4 is 11.5 Å². The number of ether oxygens (including phenoxy) is 9. The SMILES string of the molecule is COCO[C@H]1COC[C@@](CC(=S)CC(=O)c2ccccc2)(c2ccccc2F)[C@@H]1CO.COCO[C@H]1COC[C@@](N)(c2ccccc2F)[C@@H]1CO.NC1=N[C@@]2(c3ccccc3F)COC[C@@H](F)[C@H]2CS1.O=C(CC1=N[C@@]2(c3ccccc3F)COC[C@@H](F)[C@H]2CS1)c1ccccc1.O=C(CC1=N[C@@]2(c3ccccc3F)COC[C@H](O)[C@H]2CS1)c1ccccc1. The molecular formula is C93H100F7N5O15S4. The van der Waals surface area contributed by atoms with E-state index in [2.05, 4.69) is 4.99 Å². The van der Waals surface area contributed by atoms with Gasteiger partial charge in [-0.1, -0.05) is 206 Å². The summed E-state index contributed by atoms with van der Waals surface area (Å²) in [6, 6.07) is 58.8. The Balaban J connectivity index is 0.000000143. The number of alkyl halides is 2. The Morgan fingerprint density at radius 2 is 0.806 bits per heavy atom. The number of thioether (sulfide) groups is 3. The number of nitrogens with two attached hydrogens (primary N) is 2. The average molecular weight is 1790 g/mol. The third-order valence-corrected chi connectivity index (χ3v) is 26.9. The molecule has 16 rings (SSSR count). The minimum atomic E-state index is -1.22. The Bertz CT molecular complexity index is 4860. The molecule has 8 aromatic carbocycles. The molecule has 8 aliphatic rings.